The van der Waals surface area contributed by atoms with Crippen molar-refractivity contribution in [3.05, 3.63) is 71.4 Å². The van der Waals surface area contributed by atoms with Gasteiger partial charge in [-0.05, 0) is 60.7 Å². The van der Waals surface area contributed by atoms with Gasteiger partial charge in [0.15, 0.2) is 11.5 Å². The number of benzene rings is 2. The van der Waals surface area contributed by atoms with Gasteiger partial charge in [-0.25, -0.2) is 9.67 Å². The van der Waals surface area contributed by atoms with Gasteiger partial charge in [-0.3, -0.25) is 4.79 Å². The standard InChI is InChI=1S/C25H22F3N5O/c1-14-12-19(20-21(29)32-33(2)22(20)30-14)15-6-8-18(9-7-15)31-23(34)24(10-11-24)16-4-3-5-17(13-16)25(26,27)28/h3-9,12-13H,10-11H2,1-2H3,(H2,29,32)(H,31,34). The fourth-order valence-corrected chi connectivity index (χ4v) is 4.38. The van der Waals surface area contributed by atoms with Crippen molar-refractivity contribution in [2.45, 2.75) is 31.4 Å². The molecule has 2 aromatic heterocycles. The molecule has 2 aromatic carbocycles. The van der Waals surface area contributed by atoms with Crippen LogP contribution in [0, 0.1) is 6.92 Å². The number of halogens is 3. The summed E-state index contributed by atoms with van der Waals surface area (Å²) in [6.45, 7) is 1.89. The highest BCUT2D eigenvalue weighted by molar-refractivity contribution is 6.02. The average molecular weight is 465 g/mol. The number of nitrogens with zero attached hydrogens (tertiary/aromatic N) is 3. The molecule has 0 unspecified atom stereocenters. The molecule has 9 heteroatoms. The normalized spacial score (nSPS) is 14.9. The number of nitrogen functional groups attached to an aromatic ring is 1. The molecule has 5 rings (SSSR count). The van der Waals surface area contributed by atoms with E-state index in [2.05, 4.69) is 15.4 Å². The van der Waals surface area contributed by atoms with Gasteiger partial charge in [0.1, 0.15) is 0 Å². The van der Waals surface area contributed by atoms with E-state index < -0.39 is 17.2 Å². The highest BCUT2D eigenvalue weighted by Crippen LogP contribution is 2.50. The van der Waals surface area contributed by atoms with E-state index in [1.54, 1.807) is 29.9 Å². The fourth-order valence-electron chi connectivity index (χ4n) is 4.38. The van der Waals surface area contributed by atoms with Crippen LogP contribution in [0.2, 0.25) is 0 Å². The minimum Gasteiger partial charge on any atom is -0.382 e. The molecule has 0 aliphatic heterocycles. The molecule has 6 nitrogen and oxygen atoms in total. The van der Waals surface area contributed by atoms with Crippen LogP contribution >= 0.6 is 0 Å². The molecule has 0 saturated heterocycles. The number of pyridine rings is 1. The maximum atomic E-state index is 13.1. The third kappa shape index (κ3) is 3.67. The summed E-state index contributed by atoms with van der Waals surface area (Å²) in [6.07, 6.45) is -3.44. The zero-order valence-electron chi connectivity index (χ0n) is 18.6. The number of hydrogen-bond acceptors (Lipinski definition) is 4. The molecular weight excluding hydrogens is 443 g/mol. The molecule has 1 saturated carbocycles. The maximum Gasteiger partial charge on any atom is 0.416 e. The molecule has 1 amide bonds. The molecule has 0 radical (unpaired) electrons. The van der Waals surface area contributed by atoms with Crippen LogP contribution in [-0.4, -0.2) is 20.7 Å². The minimum absolute atomic E-state index is 0.307. The van der Waals surface area contributed by atoms with Crippen LogP contribution in [0.25, 0.3) is 22.2 Å². The molecule has 34 heavy (non-hydrogen) atoms. The zero-order valence-corrected chi connectivity index (χ0v) is 18.6. The average Bonchev–Trinajstić information content (AvgIpc) is 3.55. The second-order valence-electron chi connectivity index (χ2n) is 8.71. The number of hydrogen-bond donors (Lipinski definition) is 2. The number of carbonyl (C=O) groups excluding carboxylic acids is 1. The molecule has 0 bridgehead atoms. The van der Waals surface area contributed by atoms with Gasteiger partial charge in [-0.15, -0.1) is 0 Å². The number of fused-ring (bicyclic) bond motifs is 1. The van der Waals surface area contributed by atoms with E-state index in [1.165, 1.54) is 6.07 Å². The van der Waals surface area contributed by atoms with E-state index in [9.17, 15) is 18.0 Å². The molecule has 0 atom stereocenters. The molecule has 0 spiro atoms. The lowest BCUT2D eigenvalue weighted by Crippen LogP contribution is -2.28. The van der Waals surface area contributed by atoms with E-state index in [1.807, 2.05) is 25.1 Å². The van der Waals surface area contributed by atoms with Crippen molar-refractivity contribution in [2.24, 2.45) is 7.05 Å². The number of anilines is 2. The number of nitrogens with two attached hydrogens (primary N) is 1. The summed E-state index contributed by atoms with van der Waals surface area (Å²) in [7, 11) is 1.78. The van der Waals surface area contributed by atoms with E-state index in [4.69, 9.17) is 5.73 Å². The first kappa shape index (κ1) is 21.9. The quantitative estimate of drug-likeness (QED) is 0.433. The Labute approximate surface area is 193 Å². The molecule has 1 fully saturated rings. The van der Waals surface area contributed by atoms with E-state index in [0.717, 1.165) is 34.3 Å². The summed E-state index contributed by atoms with van der Waals surface area (Å²) in [5.74, 6) is 0.0763. The lowest BCUT2D eigenvalue weighted by atomic mass is 9.93. The van der Waals surface area contributed by atoms with Crippen molar-refractivity contribution in [3.63, 3.8) is 0 Å². The number of amides is 1. The highest BCUT2D eigenvalue weighted by Gasteiger charge is 2.51. The second kappa shape index (κ2) is 7.58. The number of aryl methyl sites for hydroxylation is 2. The smallest absolute Gasteiger partial charge is 0.382 e. The Morgan fingerprint density at radius 1 is 1.12 bits per heavy atom. The Morgan fingerprint density at radius 2 is 1.82 bits per heavy atom. The molecule has 174 valence electrons. The van der Waals surface area contributed by atoms with Crippen LogP contribution in [0.5, 0.6) is 0 Å². The number of nitrogens with one attached hydrogen (secondary N) is 1. The Morgan fingerprint density at radius 3 is 2.47 bits per heavy atom. The van der Waals surface area contributed by atoms with Crippen LogP contribution in [0.1, 0.15) is 29.7 Å². The van der Waals surface area contributed by atoms with Gasteiger partial charge in [-0.1, -0.05) is 30.3 Å². The van der Waals surface area contributed by atoms with Crippen LogP contribution in [0.4, 0.5) is 24.7 Å². The third-order valence-electron chi connectivity index (χ3n) is 6.33. The lowest BCUT2D eigenvalue weighted by Gasteiger charge is -2.18. The first-order valence-corrected chi connectivity index (χ1v) is 10.8. The first-order valence-electron chi connectivity index (χ1n) is 10.8. The summed E-state index contributed by atoms with van der Waals surface area (Å²) in [5, 5.41) is 7.89. The van der Waals surface area contributed by atoms with Crippen LogP contribution < -0.4 is 11.1 Å². The van der Waals surface area contributed by atoms with Gasteiger partial charge in [-0.2, -0.15) is 18.3 Å². The van der Waals surface area contributed by atoms with Crippen molar-refractivity contribution in [1.82, 2.24) is 14.8 Å². The van der Waals surface area contributed by atoms with Gasteiger partial charge in [0.25, 0.3) is 0 Å². The Bertz CT molecular complexity index is 1420. The number of carbonyl (C=O) groups is 1. The van der Waals surface area contributed by atoms with Crippen LogP contribution in [0.3, 0.4) is 0 Å². The molecular formula is C25H22F3N5O. The minimum atomic E-state index is -4.45. The van der Waals surface area contributed by atoms with Crippen LogP contribution in [-0.2, 0) is 23.4 Å². The van der Waals surface area contributed by atoms with Crippen molar-refractivity contribution >= 4 is 28.4 Å². The summed E-state index contributed by atoms with van der Waals surface area (Å²) in [4.78, 5) is 17.6. The van der Waals surface area contributed by atoms with Gasteiger partial charge in [0, 0.05) is 18.4 Å². The predicted molar refractivity (Wildman–Crippen MR) is 124 cm³/mol. The van der Waals surface area contributed by atoms with E-state index in [-0.39, 0.29) is 5.91 Å². The van der Waals surface area contributed by atoms with Gasteiger partial charge in [0.05, 0.1) is 16.4 Å². The maximum absolute atomic E-state index is 13.1. The number of rotatable bonds is 4. The van der Waals surface area contributed by atoms with Crippen molar-refractivity contribution in [1.29, 1.82) is 0 Å². The topological polar surface area (TPSA) is 85.8 Å². The Balaban J connectivity index is 1.41. The zero-order chi connectivity index (χ0) is 24.3. The fraction of sp³-hybridized carbons (Fsp3) is 0.240. The number of aromatic nitrogens is 3. The summed E-state index contributed by atoms with van der Waals surface area (Å²) in [6, 6.07) is 14.2. The predicted octanol–water partition coefficient (Wildman–Crippen LogP) is 5.22. The van der Waals surface area contributed by atoms with E-state index >= 15 is 0 Å². The Kier molecular flexibility index (Phi) is 4.89. The molecule has 3 N–H and O–H groups in total. The molecule has 4 aromatic rings. The van der Waals surface area contributed by atoms with Crippen molar-refractivity contribution < 1.29 is 18.0 Å². The summed E-state index contributed by atoms with van der Waals surface area (Å²) < 4.78 is 41.0. The van der Waals surface area contributed by atoms with Gasteiger partial charge in [0.2, 0.25) is 5.91 Å². The lowest BCUT2D eigenvalue weighted by molar-refractivity contribution is -0.137. The second-order valence-corrected chi connectivity index (χ2v) is 8.71. The first-order chi connectivity index (χ1) is 16.1. The van der Waals surface area contributed by atoms with Crippen molar-refractivity contribution in [3.8, 4) is 11.1 Å². The van der Waals surface area contributed by atoms with E-state index in [0.29, 0.717) is 35.6 Å². The summed E-state index contributed by atoms with van der Waals surface area (Å²) >= 11 is 0. The monoisotopic (exact) mass is 465 g/mol. The van der Waals surface area contributed by atoms with Crippen molar-refractivity contribution in [2.75, 3.05) is 11.1 Å². The SMILES string of the molecule is Cc1cc(-c2ccc(NC(=O)C3(c4cccc(C(F)(F)F)c4)CC3)cc2)c2c(N)nn(C)c2n1. The number of alkyl halides is 3. The molecule has 1 aliphatic rings. The largest absolute Gasteiger partial charge is 0.416 e. The van der Waals surface area contributed by atoms with Gasteiger partial charge >= 0.3 is 6.18 Å². The molecule has 2 heterocycles. The summed E-state index contributed by atoms with van der Waals surface area (Å²) in [5.41, 5.74) is 8.65. The highest BCUT2D eigenvalue weighted by atomic mass is 19.4. The molecule has 1 aliphatic carbocycles. The third-order valence-corrected chi connectivity index (χ3v) is 6.33. The Hall–Kier alpha value is -3.88. The van der Waals surface area contributed by atoms with Crippen LogP contribution in [0.15, 0.2) is 54.6 Å². The van der Waals surface area contributed by atoms with Gasteiger partial charge < -0.3 is 11.1 Å².